The van der Waals surface area contributed by atoms with Crippen molar-refractivity contribution in [3.8, 4) is 17.0 Å². The summed E-state index contributed by atoms with van der Waals surface area (Å²) >= 11 is 0. The van der Waals surface area contributed by atoms with Crippen molar-refractivity contribution in [1.82, 2.24) is 14.7 Å². The third-order valence-electron chi connectivity index (χ3n) is 3.28. The number of nitrogens with zero attached hydrogens (tertiary/aromatic N) is 3. The molecule has 0 radical (unpaired) electrons. The average molecular weight is 326 g/mol. The Balaban J connectivity index is 1.74. The number of rotatable bonds is 5. The molecule has 1 N–H and O–H groups in total. The number of hydrogen-bond acceptors (Lipinski definition) is 6. The van der Waals surface area contributed by atoms with Crippen LogP contribution in [0.1, 0.15) is 0 Å². The molecule has 8 heteroatoms. The van der Waals surface area contributed by atoms with E-state index in [0.29, 0.717) is 5.69 Å². The van der Waals surface area contributed by atoms with Crippen molar-refractivity contribution in [3.63, 3.8) is 0 Å². The fourth-order valence-electron chi connectivity index (χ4n) is 2.08. The minimum atomic E-state index is -0.398. The normalized spacial score (nSPS) is 10.4. The van der Waals surface area contributed by atoms with Gasteiger partial charge in [-0.3, -0.25) is 14.2 Å². The van der Waals surface area contributed by atoms with Gasteiger partial charge in [0, 0.05) is 17.7 Å². The Morgan fingerprint density at radius 3 is 2.71 bits per heavy atom. The Morgan fingerprint density at radius 1 is 1.29 bits per heavy atom. The number of carbonyl (C=O) groups excluding carboxylic acids is 1. The van der Waals surface area contributed by atoms with Crippen LogP contribution in [0.4, 0.5) is 5.82 Å². The molecule has 0 spiro atoms. The van der Waals surface area contributed by atoms with Crippen LogP contribution in [0.2, 0.25) is 0 Å². The first-order valence-electron chi connectivity index (χ1n) is 7.07. The predicted molar refractivity (Wildman–Crippen MR) is 85.6 cm³/mol. The van der Waals surface area contributed by atoms with Crippen molar-refractivity contribution >= 4 is 11.7 Å². The molecule has 3 rings (SSSR count). The van der Waals surface area contributed by atoms with E-state index in [0.717, 1.165) is 11.3 Å². The Kier molecular flexibility index (Phi) is 4.37. The van der Waals surface area contributed by atoms with E-state index in [1.54, 1.807) is 19.2 Å². The van der Waals surface area contributed by atoms with Gasteiger partial charge in [-0.15, -0.1) is 0 Å². The Morgan fingerprint density at radius 2 is 2.08 bits per heavy atom. The van der Waals surface area contributed by atoms with E-state index in [9.17, 15) is 9.59 Å². The Hall–Kier alpha value is -3.42. The number of anilines is 1. The largest absolute Gasteiger partial charge is 0.497 e. The summed E-state index contributed by atoms with van der Waals surface area (Å²) in [7, 11) is 1.58. The molecular weight excluding hydrogens is 312 g/mol. The highest BCUT2D eigenvalue weighted by Gasteiger charge is 2.09. The molecule has 0 saturated carbocycles. The van der Waals surface area contributed by atoms with E-state index in [1.807, 2.05) is 12.1 Å². The Labute approximate surface area is 136 Å². The molecule has 0 fully saturated rings. The summed E-state index contributed by atoms with van der Waals surface area (Å²) in [5.74, 6) is 0.609. The molecule has 2 heterocycles. The monoisotopic (exact) mass is 326 g/mol. The highest BCUT2D eigenvalue weighted by Crippen LogP contribution is 2.19. The van der Waals surface area contributed by atoms with Gasteiger partial charge in [-0.05, 0) is 24.3 Å². The molecule has 1 amide bonds. The van der Waals surface area contributed by atoms with E-state index in [-0.39, 0.29) is 17.9 Å². The molecule has 0 aliphatic carbocycles. The maximum atomic E-state index is 12.2. The standard InChI is InChI=1S/C16H14N4O4/c1-23-12-4-2-11(3-5-12)13-8-16(22)20(10-17-13)9-15(21)18-14-6-7-24-19-14/h2-8,10H,9H2,1H3,(H,18,19,21). The van der Waals surface area contributed by atoms with E-state index < -0.39 is 5.91 Å². The highest BCUT2D eigenvalue weighted by molar-refractivity contribution is 5.89. The van der Waals surface area contributed by atoms with Gasteiger partial charge in [0.25, 0.3) is 5.56 Å². The van der Waals surface area contributed by atoms with Crippen LogP contribution in [0.3, 0.4) is 0 Å². The molecule has 0 unspecified atom stereocenters. The van der Waals surface area contributed by atoms with Crippen molar-refractivity contribution in [1.29, 1.82) is 0 Å². The Bertz CT molecular complexity index is 885. The molecule has 1 aromatic carbocycles. The van der Waals surface area contributed by atoms with Crippen molar-refractivity contribution < 1.29 is 14.1 Å². The second-order valence-corrected chi connectivity index (χ2v) is 4.90. The molecule has 0 atom stereocenters. The van der Waals surface area contributed by atoms with Crippen LogP contribution in [0.25, 0.3) is 11.3 Å². The van der Waals surface area contributed by atoms with Gasteiger partial charge in [-0.1, -0.05) is 5.16 Å². The van der Waals surface area contributed by atoms with Crippen molar-refractivity contribution in [3.05, 3.63) is 59.3 Å². The van der Waals surface area contributed by atoms with E-state index in [4.69, 9.17) is 4.74 Å². The average Bonchev–Trinajstić information content (AvgIpc) is 3.09. The summed E-state index contributed by atoms with van der Waals surface area (Å²) in [6.45, 7) is -0.165. The zero-order valence-corrected chi connectivity index (χ0v) is 12.8. The number of amides is 1. The first-order valence-corrected chi connectivity index (χ1v) is 7.07. The lowest BCUT2D eigenvalue weighted by Gasteiger charge is -2.07. The van der Waals surface area contributed by atoms with Crippen LogP contribution in [-0.2, 0) is 11.3 Å². The first-order chi connectivity index (χ1) is 11.7. The summed E-state index contributed by atoms with van der Waals surface area (Å²) in [5, 5.41) is 6.08. The van der Waals surface area contributed by atoms with Gasteiger partial charge in [-0.25, -0.2) is 4.98 Å². The minimum Gasteiger partial charge on any atom is -0.497 e. The summed E-state index contributed by atoms with van der Waals surface area (Å²) < 4.78 is 10.9. The van der Waals surface area contributed by atoms with Gasteiger partial charge in [0.1, 0.15) is 18.6 Å². The maximum absolute atomic E-state index is 12.2. The van der Waals surface area contributed by atoms with E-state index >= 15 is 0 Å². The van der Waals surface area contributed by atoms with Crippen molar-refractivity contribution in [2.45, 2.75) is 6.54 Å². The van der Waals surface area contributed by atoms with Gasteiger partial charge < -0.3 is 14.6 Å². The van der Waals surface area contributed by atoms with Crippen LogP contribution >= 0.6 is 0 Å². The second kappa shape index (κ2) is 6.78. The SMILES string of the molecule is COc1ccc(-c2cc(=O)n(CC(=O)Nc3ccon3)cn2)cc1. The van der Waals surface area contributed by atoms with Crippen LogP contribution in [0, 0.1) is 0 Å². The molecule has 2 aromatic heterocycles. The lowest BCUT2D eigenvalue weighted by Crippen LogP contribution is -2.27. The predicted octanol–water partition coefficient (Wildman–Crippen LogP) is 1.55. The molecule has 0 bridgehead atoms. The summed E-state index contributed by atoms with van der Waals surface area (Å²) in [4.78, 5) is 28.2. The highest BCUT2D eigenvalue weighted by atomic mass is 16.5. The van der Waals surface area contributed by atoms with E-state index in [1.165, 1.54) is 29.3 Å². The molecule has 24 heavy (non-hydrogen) atoms. The number of ether oxygens (including phenoxy) is 1. The van der Waals surface area contributed by atoms with Gasteiger partial charge in [-0.2, -0.15) is 0 Å². The number of benzene rings is 1. The third-order valence-corrected chi connectivity index (χ3v) is 3.28. The molecule has 0 aliphatic heterocycles. The number of carbonyl (C=O) groups is 1. The maximum Gasteiger partial charge on any atom is 0.254 e. The fraction of sp³-hybridized carbons (Fsp3) is 0.125. The summed E-state index contributed by atoms with van der Waals surface area (Å²) in [5.41, 5.74) is 0.981. The van der Waals surface area contributed by atoms with Gasteiger partial charge in [0.15, 0.2) is 5.82 Å². The lowest BCUT2D eigenvalue weighted by atomic mass is 10.1. The van der Waals surface area contributed by atoms with Gasteiger partial charge >= 0.3 is 0 Å². The fourth-order valence-corrected chi connectivity index (χ4v) is 2.08. The van der Waals surface area contributed by atoms with Gasteiger partial charge in [0.2, 0.25) is 5.91 Å². The minimum absolute atomic E-state index is 0.165. The second-order valence-electron chi connectivity index (χ2n) is 4.90. The zero-order chi connectivity index (χ0) is 16.9. The van der Waals surface area contributed by atoms with Crippen LogP contribution in [0.15, 0.2) is 58.3 Å². The number of methoxy groups -OCH3 is 1. The molecule has 122 valence electrons. The first kappa shape index (κ1) is 15.5. The molecule has 3 aromatic rings. The molecule has 8 nitrogen and oxygen atoms in total. The molecule has 0 aliphatic rings. The summed E-state index contributed by atoms with van der Waals surface area (Å²) in [6.07, 6.45) is 2.68. The van der Waals surface area contributed by atoms with Crippen molar-refractivity contribution in [2.75, 3.05) is 12.4 Å². The van der Waals surface area contributed by atoms with Crippen LogP contribution in [0.5, 0.6) is 5.75 Å². The van der Waals surface area contributed by atoms with E-state index in [2.05, 4.69) is 20.0 Å². The smallest absolute Gasteiger partial charge is 0.254 e. The third kappa shape index (κ3) is 3.49. The van der Waals surface area contributed by atoms with Gasteiger partial charge in [0.05, 0.1) is 19.1 Å². The van der Waals surface area contributed by atoms with Crippen LogP contribution < -0.4 is 15.6 Å². The molecular formula is C16H14N4O4. The zero-order valence-electron chi connectivity index (χ0n) is 12.8. The summed E-state index contributed by atoms with van der Waals surface area (Å²) in [6, 6.07) is 10.1. The quantitative estimate of drug-likeness (QED) is 0.763. The number of hydrogen-bond donors (Lipinski definition) is 1. The van der Waals surface area contributed by atoms with Crippen LogP contribution in [-0.4, -0.2) is 27.7 Å². The van der Waals surface area contributed by atoms with Crippen molar-refractivity contribution in [2.24, 2.45) is 0 Å². The topological polar surface area (TPSA) is 99.2 Å². The molecule has 0 saturated heterocycles. The number of aromatic nitrogens is 3. The lowest BCUT2D eigenvalue weighted by molar-refractivity contribution is -0.116. The number of nitrogens with one attached hydrogen (secondary N) is 1.